The molecule has 0 saturated carbocycles. The van der Waals surface area contributed by atoms with Crippen LogP contribution in [0.25, 0.3) is 0 Å². The Bertz CT molecular complexity index is 433. The van der Waals surface area contributed by atoms with Crippen LogP contribution in [0, 0.1) is 0 Å². The van der Waals surface area contributed by atoms with Crippen molar-refractivity contribution in [2.75, 3.05) is 13.2 Å². The molecule has 0 radical (unpaired) electrons. The highest BCUT2D eigenvalue weighted by molar-refractivity contribution is 6.34. The first-order valence-electron chi connectivity index (χ1n) is 5.77. The largest absolute Gasteiger partial charge is 0.458 e. The van der Waals surface area contributed by atoms with Crippen molar-refractivity contribution in [1.29, 1.82) is 0 Å². The number of carbonyl (C=O) groups excluding carboxylic acids is 1. The van der Waals surface area contributed by atoms with E-state index < -0.39 is 5.97 Å². The van der Waals surface area contributed by atoms with Gasteiger partial charge < -0.3 is 9.47 Å². The minimum absolute atomic E-state index is 0.0272. The smallest absolute Gasteiger partial charge is 0.358 e. The van der Waals surface area contributed by atoms with Crippen molar-refractivity contribution in [1.82, 2.24) is 4.98 Å². The van der Waals surface area contributed by atoms with E-state index in [2.05, 4.69) is 4.98 Å². The average Bonchev–Trinajstić information content (AvgIpc) is 2.40. The quantitative estimate of drug-likeness (QED) is 0.634. The lowest BCUT2D eigenvalue weighted by Gasteiger charge is -2.22. The van der Waals surface area contributed by atoms with Crippen LogP contribution in [0.2, 0.25) is 10.2 Å². The number of hydrogen-bond acceptors (Lipinski definition) is 4. The molecule has 2 rings (SSSR count). The van der Waals surface area contributed by atoms with Gasteiger partial charge in [0.2, 0.25) is 0 Å². The molecule has 0 spiro atoms. The lowest BCUT2D eigenvalue weighted by atomic mass is 10.1. The van der Waals surface area contributed by atoms with Gasteiger partial charge in [0, 0.05) is 6.61 Å². The predicted molar refractivity (Wildman–Crippen MR) is 68.1 cm³/mol. The van der Waals surface area contributed by atoms with Gasteiger partial charge in [-0.05, 0) is 31.4 Å². The summed E-state index contributed by atoms with van der Waals surface area (Å²) in [6, 6.07) is 3.04. The van der Waals surface area contributed by atoms with Crippen LogP contribution in [0.3, 0.4) is 0 Å². The first-order valence-corrected chi connectivity index (χ1v) is 6.53. The summed E-state index contributed by atoms with van der Waals surface area (Å²) in [6.45, 7) is 0.946. The third-order valence-electron chi connectivity index (χ3n) is 2.68. The Kier molecular flexibility index (Phi) is 4.80. The molecule has 0 N–H and O–H groups in total. The Hall–Kier alpha value is -0.840. The molecule has 6 heteroatoms. The number of rotatable bonds is 3. The minimum atomic E-state index is -0.573. The molecule has 4 nitrogen and oxygen atoms in total. The Balaban J connectivity index is 1.92. The maximum Gasteiger partial charge on any atom is 0.358 e. The van der Waals surface area contributed by atoms with Gasteiger partial charge in [-0.25, -0.2) is 9.78 Å². The molecule has 1 aromatic rings. The van der Waals surface area contributed by atoms with Crippen molar-refractivity contribution >= 4 is 29.2 Å². The van der Waals surface area contributed by atoms with Crippen LogP contribution in [-0.2, 0) is 9.47 Å². The fourth-order valence-electron chi connectivity index (χ4n) is 1.74. The molecule has 0 aromatic carbocycles. The molecule has 18 heavy (non-hydrogen) atoms. The van der Waals surface area contributed by atoms with E-state index in [1.807, 2.05) is 0 Å². The molecule has 2 heterocycles. The molecule has 0 aliphatic carbocycles. The van der Waals surface area contributed by atoms with E-state index in [0.717, 1.165) is 25.9 Å². The van der Waals surface area contributed by atoms with Crippen molar-refractivity contribution in [2.24, 2.45) is 0 Å². The van der Waals surface area contributed by atoms with Crippen LogP contribution in [0.5, 0.6) is 0 Å². The Morgan fingerprint density at radius 1 is 1.44 bits per heavy atom. The van der Waals surface area contributed by atoms with Crippen molar-refractivity contribution in [3.63, 3.8) is 0 Å². The topological polar surface area (TPSA) is 48.4 Å². The van der Waals surface area contributed by atoms with Crippen LogP contribution >= 0.6 is 23.2 Å². The van der Waals surface area contributed by atoms with Gasteiger partial charge in [0.05, 0.1) is 11.1 Å². The summed E-state index contributed by atoms with van der Waals surface area (Å²) in [5, 5.41) is 0.439. The number of nitrogens with zero attached hydrogens (tertiary/aromatic N) is 1. The third-order valence-corrected chi connectivity index (χ3v) is 3.20. The molecule has 0 amide bonds. The fraction of sp³-hybridized carbons (Fsp3) is 0.500. The Morgan fingerprint density at radius 3 is 3.00 bits per heavy atom. The molecule has 1 fully saturated rings. The van der Waals surface area contributed by atoms with Crippen LogP contribution in [-0.4, -0.2) is 30.3 Å². The standard InChI is InChI=1S/C12H13Cl2NO3/c13-9-4-5-10(14)15-11(9)12(16)18-7-8-3-1-2-6-17-8/h4-5,8H,1-3,6-7H2/t8-/m0/s1. The number of ether oxygens (including phenoxy) is 2. The van der Waals surface area contributed by atoms with Crippen LogP contribution in [0.4, 0.5) is 0 Å². The lowest BCUT2D eigenvalue weighted by Crippen LogP contribution is -2.26. The van der Waals surface area contributed by atoms with E-state index in [0.29, 0.717) is 0 Å². The molecule has 1 aromatic heterocycles. The van der Waals surface area contributed by atoms with Gasteiger partial charge in [-0.1, -0.05) is 23.2 Å². The number of pyridine rings is 1. The molecular formula is C12H13Cl2NO3. The predicted octanol–water partition coefficient (Wildman–Crippen LogP) is 3.11. The summed E-state index contributed by atoms with van der Waals surface area (Å²) < 4.78 is 10.6. The molecule has 1 aliphatic rings. The van der Waals surface area contributed by atoms with Crippen molar-refractivity contribution in [3.05, 3.63) is 28.0 Å². The summed E-state index contributed by atoms with van der Waals surface area (Å²) in [5.74, 6) is -0.573. The van der Waals surface area contributed by atoms with E-state index in [1.54, 1.807) is 0 Å². The minimum Gasteiger partial charge on any atom is -0.458 e. The average molecular weight is 290 g/mol. The highest BCUT2D eigenvalue weighted by Gasteiger charge is 2.19. The van der Waals surface area contributed by atoms with E-state index >= 15 is 0 Å². The number of aromatic nitrogens is 1. The van der Waals surface area contributed by atoms with Crippen LogP contribution in [0.1, 0.15) is 29.8 Å². The van der Waals surface area contributed by atoms with Gasteiger partial charge in [-0.15, -0.1) is 0 Å². The molecule has 0 unspecified atom stereocenters. The zero-order chi connectivity index (χ0) is 13.0. The highest BCUT2D eigenvalue weighted by atomic mass is 35.5. The zero-order valence-electron chi connectivity index (χ0n) is 9.70. The normalized spacial score (nSPS) is 19.6. The molecule has 98 valence electrons. The Morgan fingerprint density at radius 2 is 2.28 bits per heavy atom. The molecule has 0 bridgehead atoms. The van der Waals surface area contributed by atoms with E-state index in [9.17, 15) is 4.79 Å². The van der Waals surface area contributed by atoms with Gasteiger partial charge in [-0.2, -0.15) is 0 Å². The summed E-state index contributed by atoms with van der Waals surface area (Å²) >= 11 is 11.6. The number of esters is 1. The van der Waals surface area contributed by atoms with E-state index in [1.165, 1.54) is 12.1 Å². The van der Waals surface area contributed by atoms with E-state index in [-0.39, 0.29) is 28.6 Å². The summed E-state index contributed by atoms with van der Waals surface area (Å²) in [6.07, 6.45) is 3.04. The van der Waals surface area contributed by atoms with Crippen LogP contribution in [0.15, 0.2) is 12.1 Å². The number of carbonyl (C=O) groups is 1. The molecule has 1 saturated heterocycles. The first kappa shape index (κ1) is 13.6. The molecule has 1 aliphatic heterocycles. The maximum atomic E-state index is 11.8. The van der Waals surface area contributed by atoms with Crippen LogP contribution < -0.4 is 0 Å². The Labute approximate surface area is 115 Å². The summed E-state index contributed by atoms with van der Waals surface area (Å²) in [5.41, 5.74) is 0.0416. The monoisotopic (exact) mass is 289 g/mol. The van der Waals surface area contributed by atoms with Gasteiger partial charge in [0.1, 0.15) is 11.8 Å². The second kappa shape index (κ2) is 6.36. The molecule has 1 atom stereocenters. The van der Waals surface area contributed by atoms with Crippen molar-refractivity contribution in [3.8, 4) is 0 Å². The van der Waals surface area contributed by atoms with E-state index in [4.69, 9.17) is 32.7 Å². The summed E-state index contributed by atoms with van der Waals surface area (Å²) in [7, 11) is 0. The van der Waals surface area contributed by atoms with Gasteiger partial charge in [0.25, 0.3) is 0 Å². The van der Waals surface area contributed by atoms with Gasteiger partial charge >= 0.3 is 5.97 Å². The highest BCUT2D eigenvalue weighted by Crippen LogP contribution is 2.18. The second-order valence-electron chi connectivity index (χ2n) is 4.05. The second-order valence-corrected chi connectivity index (χ2v) is 4.85. The van der Waals surface area contributed by atoms with Crippen molar-refractivity contribution < 1.29 is 14.3 Å². The third kappa shape index (κ3) is 3.57. The zero-order valence-corrected chi connectivity index (χ0v) is 11.2. The summed E-state index contributed by atoms with van der Waals surface area (Å²) in [4.78, 5) is 15.6. The van der Waals surface area contributed by atoms with Gasteiger partial charge in [0.15, 0.2) is 5.69 Å². The maximum absolute atomic E-state index is 11.8. The molecular weight excluding hydrogens is 277 g/mol. The number of hydrogen-bond donors (Lipinski definition) is 0. The first-order chi connectivity index (χ1) is 8.66. The SMILES string of the molecule is O=C(OC[C@@H]1CCCCO1)c1nc(Cl)ccc1Cl. The van der Waals surface area contributed by atoms with Gasteiger partial charge in [-0.3, -0.25) is 0 Å². The lowest BCUT2D eigenvalue weighted by molar-refractivity contribution is -0.0302. The fourth-order valence-corrected chi connectivity index (χ4v) is 2.07. The number of halogens is 2. The van der Waals surface area contributed by atoms with Crippen molar-refractivity contribution in [2.45, 2.75) is 25.4 Å².